The van der Waals surface area contributed by atoms with Crippen molar-refractivity contribution in [2.75, 3.05) is 20.3 Å². The number of hydrogen-bond donors (Lipinski definition) is 2. The molecule has 6 nitrogen and oxygen atoms in total. The highest BCUT2D eigenvalue weighted by Gasteiger charge is 2.54. The minimum absolute atomic E-state index is 0.0554. The van der Waals surface area contributed by atoms with E-state index in [0.717, 1.165) is 31.7 Å². The van der Waals surface area contributed by atoms with Gasteiger partial charge in [0.15, 0.2) is 0 Å². The monoisotopic (exact) mass is 367 g/mol. The molecule has 2 amide bonds. The van der Waals surface area contributed by atoms with Crippen LogP contribution in [0.1, 0.15) is 52.2 Å². The predicted molar refractivity (Wildman–Crippen MR) is 102 cm³/mol. The molecule has 1 aromatic rings. The average molecular weight is 367 g/mol. The number of rotatable bonds is 5. The van der Waals surface area contributed by atoms with Gasteiger partial charge in [-0.25, -0.2) is 4.98 Å². The highest BCUT2D eigenvalue weighted by Crippen LogP contribution is 2.44. The third kappa shape index (κ3) is 3.54. The van der Waals surface area contributed by atoms with Gasteiger partial charge < -0.3 is 15.4 Å². The van der Waals surface area contributed by atoms with E-state index >= 15 is 0 Å². The summed E-state index contributed by atoms with van der Waals surface area (Å²) < 4.78 is 5.38. The van der Waals surface area contributed by atoms with Crippen LogP contribution in [0.4, 0.5) is 0 Å². The molecule has 2 fully saturated rings. The fraction of sp³-hybridized carbons (Fsp3) is 0.476. The van der Waals surface area contributed by atoms with Crippen molar-refractivity contribution in [1.82, 2.24) is 15.6 Å². The summed E-state index contributed by atoms with van der Waals surface area (Å²) in [5.74, 6) is 0.499. The summed E-state index contributed by atoms with van der Waals surface area (Å²) in [7, 11) is 1.57. The third-order valence-corrected chi connectivity index (χ3v) is 5.86. The lowest BCUT2D eigenvalue weighted by Crippen LogP contribution is -2.30. The Bertz CT molecular complexity index is 820. The Labute approximate surface area is 159 Å². The van der Waals surface area contributed by atoms with Crippen molar-refractivity contribution in [3.63, 3.8) is 0 Å². The molecule has 1 saturated heterocycles. The Balaban J connectivity index is 1.60. The summed E-state index contributed by atoms with van der Waals surface area (Å²) in [5, 5.41) is 5.70. The van der Waals surface area contributed by atoms with Crippen molar-refractivity contribution in [2.24, 2.45) is 11.8 Å². The van der Waals surface area contributed by atoms with E-state index in [1.807, 2.05) is 6.07 Å². The van der Waals surface area contributed by atoms with Crippen LogP contribution in [0.15, 0.2) is 35.9 Å². The number of amides is 2. The van der Waals surface area contributed by atoms with Gasteiger partial charge in [0.2, 0.25) is 0 Å². The topological polar surface area (TPSA) is 80.3 Å². The Kier molecular flexibility index (Phi) is 4.83. The van der Waals surface area contributed by atoms with Gasteiger partial charge in [-0.2, -0.15) is 0 Å². The van der Waals surface area contributed by atoms with Crippen LogP contribution in [0, 0.1) is 11.8 Å². The van der Waals surface area contributed by atoms with Gasteiger partial charge in [0.25, 0.3) is 11.8 Å². The Morgan fingerprint density at radius 2 is 2.00 bits per heavy atom. The highest BCUT2D eigenvalue weighted by molar-refractivity contribution is 5.99. The molecule has 0 bridgehead atoms. The molecule has 1 aromatic heterocycles. The summed E-state index contributed by atoms with van der Waals surface area (Å²) in [6.45, 7) is 3.52. The second kappa shape index (κ2) is 7.27. The number of ether oxygens (including phenoxy) is 1. The Morgan fingerprint density at radius 1 is 1.22 bits per heavy atom. The molecule has 4 atom stereocenters. The maximum absolute atomic E-state index is 12.8. The van der Waals surface area contributed by atoms with E-state index in [9.17, 15) is 9.59 Å². The lowest BCUT2D eigenvalue weighted by Gasteiger charge is -2.18. The largest absolute Gasteiger partial charge is 0.381 e. The second-order valence-corrected chi connectivity index (χ2v) is 7.54. The van der Waals surface area contributed by atoms with Crippen molar-refractivity contribution in [2.45, 2.75) is 31.7 Å². The molecule has 1 aliphatic heterocycles. The van der Waals surface area contributed by atoms with Gasteiger partial charge >= 0.3 is 0 Å². The first-order valence-electron chi connectivity index (χ1n) is 9.56. The van der Waals surface area contributed by atoms with E-state index in [2.05, 4.69) is 40.8 Å². The standard InChI is InChI=1S/C21H25N3O3/c1-12(13-6-4-3-5-7-13)17-8-14(9-18(23-17)21(26)22-2)20(25)24-19-15-10-27-11-16(15)19/h3-4,6,8-9,12,15-16,19H,5,7,10-11H2,1-2H3,(H,22,26)(H,24,25)/t12?,15-,16?,19?/m1/s1. The minimum Gasteiger partial charge on any atom is -0.381 e. The number of pyridine rings is 1. The van der Waals surface area contributed by atoms with E-state index < -0.39 is 0 Å². The van der Waals surface area contributed by atoms with Gasteiger partial charge in [-0.15, -0.1) is 0 Å². The SMILES string of the molecule is CNC(=O)c1cc(C(=O)NC2C3COC[C@H]32)cc(C(C)C2=CC=CCC2)n1. The number of allylic oxidation sites excluding steroid dienone is 4. The van der Waals surface area contributed by atoms with Crippen LogP contribution in [0.25, 0.3) is 0 Å². The van der Waals surface area contributed by atoms with Gasteiger partial charge in [0.05, 0.1) is 13.2 Å². The van der Waals surface area contributed by atoms with Crippen molar-refractivity contribution < 1.29 is 14.3 Å². The lowest BCUT2D eigenvalue weighted by atomic mass is 9.90. The summed E-state index contributed by atoms with van der Waals surface area (Å²) in [6, 6.07) is 3.59. The number of carbonyl (C=O) groups excluding carboxylic acids is 2. The van der Waals surface area contributed by atoms with Crippen molar-refractivity contribution in [3.8, 4) is 0 Å². The Morgan fingerprint density at radius 3 is 2.67 bits per heavy atom. The fourth-order valence-electron chi connectivity index (χ4n) is 4.01. The minimum atomic E-state index is -0.285. The molecule has 3 unspecified atom stereocenters. The van der Waals surface area contributed by atoms with Crippen LogP contribution in [-0.2, 0) is 4.74 Å². The van der Waals surface area contributed by atoms with Crippen LogP contribution in [0.3, 0.4) is 0 Å². The number of hydrogen-bond acceptors (Lipinski definition) is 4. The zero-order valence-electron chi connectivity index (χ0n) is 15.7. The maximum Gasteiger partial charge on any atom is 0.269 e. The first-order valence-corrected chi connectivity index (χ1v) is 9.56. The molecular formula is C21H25N3O3. The van der Waals surface area contributed by atoms with Gasteiger partial charge in [0, 0.05) is 42.1 Å². The van der Waals surface area contributed by atoms with Gasteiger partial charge in [-0.1, -0.05) is 30.7 Å². The van der Waals surface area contributed by atoms with Crippen molar-refractivity contribution in [1.29, 1.82) is 0 Å². The summed E-state index contributed by atoms with van der Waals surface area (Å²) in [5.41, 5.74) is 2.78. The number of carbonyl (C=O) groups is 2. The highest BCUT2D eigenvalue weighted by atomic mass is 16.5. The summed E-state index contributed by atoms with van der Waals surface area (Å²) in [4.78, 5) is 29.5. The number of aromatic nitrogens is 1. The van der Waals surface area contributed by atoms with Crippen LogP contribution < -0.4 is 10.6 Å². The number of nitrogens with one attached hydrogen (secondary N) is 2. The number of nitrogens with zero attached hydrogens (tertiary/aromatic N) is 1. The molecular weight excluding hydrogens is 342 g/mol. The molecule has 4 rings (SSSR count). The fourth-order valence-corrected chi connectivity index (χ4v) is 4.01. The van der Waals surface area contributed by atoms with E-state index in [0.29, 0.717) is 17.4 Å². The maximum atomic E-state index is 12.8. The van der Waals surface area contributed by atoms with Crippen LogP contribution >= 0.6 is 0 Å². The molecule has 2 heterocycles. The summed E-state index contributed by atoms with van der Waals surface area (Å²) in [6.07, 6.45) is 8.27. The molecule has 0 aromatic carbocycles. The van der Waals surface area contributed by atoms with Crippen LogP contribution in [0.5, 0.6) is 0 Å². The van der Waals surface area contributed by atoms with Crippen molar-refractivity contribution >= 4 is 11.8 Å². The summed E-state index contributed by atoms with van der Waals surface area (Å²) >= 11 is 0. The molecule has 142 valence electrons. The smallest absolute Gasteiger partial charge is 0.269 e. The molecule has 6 heteroatoms. The number of fused-ring (bicyclic) bond motifs is 1. The van der Waals surface area contributed by atoms with Gasteiger partial charge in [-0.3, -0.25) is 9.59 Å². The van der Waals surface area contributed by atoms with Gasteiger partial charge in [-0.05, 0) is 25.0 Å². The van der Waals surface area contributed by atoms with Crippen LogP contribution in [-0.4, -0.2) is 43.1 Å². The molecule has 1 saturated carbocycles. The first kappa shape index (κ1) is 17.9. The average Bonchev–Trinajstić information content (AvgIpc) is 3.13. The van der Waals surface area contributed by atoms with Gasteiger partial charge in [0.1, 0.15) is 5.69 Å². The lowest BCUT2D eigenvalue weighted by molar-refractivity contribution is 0.0928. The molecule has 2 aliphatic carbocycles. The first-order chi connectivity index (χ1) is 13.1. The molecule has 2 N–H and O–H groups in total. The third-order valence-electron chi connectivity index (χ3n) is 5.86. The van der Waals surface area contributed by atoms with E-state index in [4.69, 9.17) is 4.74 Å². The van der Waals surface area contributed by atoms with E-state index in [1.54, 1.807) is 13.1 Å². The molecule has 0 spiro atoms. The zero-order valence-corrected chi connectivity index (χ0v) is 15.7. The second-order valence-electron chi connectivity index (χ2n) is 7.54. The van der Waals surface area contributed by atoms with E-state index in [-0.39, 0.29) is 29.5 Å². The van der Waals surface area contributed by atoms with Crippen LogP contribution in [0.2, 0.25) is 0 Å². The van der Waals surface area contributed by atoms with E-state index in [1.165, 1.54) is 5.57 Å². The Hall–Kier alpha value is -2.47. The predicted octanol–water partition coefficient (Wildman–Crippen LogP) is 2.20. The molecule has 27 heavy (non-hydrogen) atoms. The van der Waals surface area contributed by atoms with Crippen molar-refractivity contribution in [3.05, 3.63) is 52.9 Å². The normalized spacial score (nSPS) is 26.7. The quantitative estimate of drug-likeness (QED) is 0.836. The zero-order chi connectivity index (χ0) is 19.0. The molecule has 3 aliphatic rings. The molecule has 0 radical (unpaired) electrons.